The SMILES string of the molecule is O=C(COC(=O)c1cccc(Cl)c1)Nc1ccc(S(=O)(=O)N2CCCC2)cc1. The minimum absolute atomic E-state index is 0.180. The van der Waals surface area contributed by atoms with Crippen molar-refractivity contribution in [3.8, 4) is 0 Å². The Morgan fingerprint density at radius 3 is 2.39 bits per heavy atom. The van der Waals surface area contributed by atoms with Crippen LogP contribution in [0, 0.1) is 0 Å². The molecule has 0 saturated carbocycles. The monoisotopic (exact) mass is 422 g/mol. The van der Waals surface area contributed by atoms with Crippen LogP contribution in [0.1, 0.15) is 23.2 Å². The van der Waals surface area contributed by atoms with Crippen LogP contribution in [0.25, 0.3) is 0 Å². The number of anilines is 1. The summed E-state index contributed by atoms with van der Waals surface area (Å²) in [6, 6.07) is 12.1. The molecule has 9 heteroatoms. The molecular formula is C19H19ClN2O5S. The Bertz CT molecular complexity index is 970. The number of rotatable bonds is 6. The van der Waals surface area contributed by atoms with E-state index >= 15 is 0 Å². The number of sulfonamides is 1. The third kappa shape index (κ3) is 4.89. The molecule has 1 N–H and O–H groups in total. The van der Waals surface area contributed by atoms with E-state index in [4.69, 9.17) is 16.3 Å². The minimum Gasteiger partial charge on any atom is -0.452 e. The smallest absolute Gasteiger partial charge is 0.338 e. The standard InChI is InChI=1S/C19H19ClN2O5S/c20-15-5-3-4-14(12-15)19(24)27-13-18(23)21-16-6-8-17(9-7-16)28(25,26)22-10-1-2-11-22/h3-9,12H,1-2,10-11,13H2,(H,21,23). The summed E-state index contributed by atoms with van der Waals surface area (Å²) in [5, 5.41) is 2.95. The number of benzene rings is 2. The molecule has 1 saturated heterocycles. The summed E-state index contributed by atoms with van der Waals surface area (Å²) >= 11 is 5.81. The van der Waals surface area contributed by atoms with Gasteiger partial charge in [-0.05, 0) is 55.3 Å². The second-order valence-electron chi connectivity index (χ2n) is 6.27. The molecule has 1 fully saturated rings. The van der Waals surface area contributed by atoms with Gasteiger partial charge in [0.25, 0.3) is 5.91 Å². The zero-order valence-electron chi connectivity index (χ0n) is 14.9. The first kappa shape index (κ1) is 20.3. The molecule has 2 aromatic carbocycles. The number of esters is 1. The summed E-state index contributed by atoms with van der Waals surface area (Å²) in [7, 11) is -3.50. The lowest BCUT2D eigenvalue weighted by Crippen LogP contribution is -2.27. The molecule has 1 aliphatic rings. The molecule has 0 spiro atoms. The van der Waals surface area contributed by atoms with Crippen LogP contribution >= 0.6 is 11.6 Å². The van der Waals surface area contributed by atoms with E-state index in [1.54, 1.807) is 12.1 Å². The molecule has 0 atom stereocenters. The summed E-state index contributed by atoms with van der Waals surface area (Å²) in [6.07, 6.45) is 1.72. The number of amides is 1. The Balaban J connectivity index is 1.55. The minimum atomic E-state index is -3.50. The highest BCUT2D eigenvalue weighted by atomic mass is 35.5. The van der Waals surface area contributed by atoms with Crippen molar-refractivity contribution in [2.75, 3.05) is 25.0 Å². The summed E-state index contributed by atoms with van der Waals surface area (Å²) < 4.78 is 31.4. The second-order valence-corrected chi connectivity index (χ2v) is 8.64. The normalized spacial score (nSPS) is 14.6. The number of ether oxygens (including phenoxy) is 1. The lowest BCUT2D eigenvalue weighted by molar-refractivity contribution is -0.119. The largest absolute Gasteiger partial charge is 0.452 e. The van der Waals surface area contributed by atoms with Crippen LogP contribution in [0.5, 0.6) is 0 Å². The predicted octanol–water partition coefficient (Wildman–Crippen LogP) is 2.92. The van der Waals surface area contributed by atoms with E-state index in [9.17, 15) is 18.0 Å². The fourth-order valence-electron chi connectivity index (χ4n) is 2.81. The van der Waals surface area contributed by atoms with Gasteiger partial charge in [-0.1, -0.05) is 17.7 Å². The molecule has 0 unspecified atom stereocenters. The molecule has 0 bridgehead atoms. The summed E-state index contributed by atoms with van der Waals surface area (Å²) in [5.41, 5.74) is 0.654. The lowest BCUT2D eigenvalue weighted by atomic mass is 10.2. The van der Waals surface area contributed by atoms with Crippen LogP contribution in [0.15, 0.2) is 53.4 Å². The quantitative estimate of drug-likeness (QED) is 0.722. The van der Waals surface area contributed by atoms with Crippen LogP contribution in [-0.2, 0) is 19.6 Å². The van der Waals surface area contributed by atoms with Gasteiger partial charge >= 0.3 is 5.97 Å². The average molecular weight is 423 g/mol. The molecule has 1 amide bonds. The summed E-state index contributed by atoms with van der Waals surface area (Å²) in [4.78, 5) is 24.0. The molecule has 7 nitrogen and oxygen atoms in total. The van der Waals surface area contributed by atoms with E-state index in [1.807, 2.05) is 0 Å². The third-order valence-electron chi connectivity index (χ3n) is 4.24. The van der Waals surface area contributed by atoms with Crippen molar-refractivity contribution in [1.82, 2.24) is 4.31 Å². The molecule has 28 heavy (non-hydrogen) atoms. The molecule has 3 rings (SSSR count). The van der Waals surface area contributed by atoms with E-state index in [0.29, 0.717) is 23.8 Å². The first-order valence-corrected chi connectivity index (χ1v) is 10.5. The van der Waals surface area contributed by atoms with Crippen molar-refractivity contribution >= 4 is 39.2 Å². The number of halogens is 1. The number of nitrogens with zero attached hydrogens (tertiary/aromatic N) is 1. The third-order valence-corrected chi connectivity index (χ3v) is 6.38. The fourth-order valence-corrected chi connectivity index (χ4v) is 4.52. The average Bonchev–Trinajstić information content (AvgIpc) is 3.22. The van der Waals surface area contributed by atoms with Gasteiger partial charge in [-0.2, -0.15) is 4.31 Å². The van der Waals surface area contributed by atoms with Gasteiger partial charge in [-0.3, -0.25) is 4.79 Å². The van der Waals surface area contributed by atoms with E-state index in [-0.39, 0.29) is 10.5 Å². The maximum Gasteiger partial charge on any atom is 0.338 e. The maximum absolute atomic E-state index is 12.5. The Labute approximate surface area is 168 Å². The Morgan fingerprint density at radius 1 is 1.07 bits per heavy atom. The zero-order chi connectivity index (χ0) is 20.1. The first-order chi connectivity index (χ1) is 13.4. The topological polar surface area (TPSA) is 92.8 Å². The van der Waals surface area contributed by atoms with Crippen LogP contribution in [0.4, 0.5) is 5.69 Å². The maximum atomic E-state index is 12.5. The highest BCUT2D eigenvalue weighted by Gasteiger charge is 2.26. The predicted molar refractivity (Wildman–Crippen MR) is 105 cm³/mol. The molecule has 0 aliphatic carbocycles. The number of carbonyl (C=O) groups is 2. The second kappa shape index (κ2) is 8.72. The van der Waals surface area contributed by atoms with Gasteiger partial charge in [0.2, 0.25) is 10.0 Å². The van der Waals surface area contributed by atoms with E-state index in [1.165, 1.54) is 40.7 Å². The molecule has 2 aromatic rings. The van der Waals surface area contributed by atoms with Crippen LogP contribution < -0.4 is 5.32 Å². The van der Waals surface area contributed by atoms with Crippen LogP contribution in [-0.4, -0.2) is 44.3 Å². The summed E-state index contributed by atoms with van der Waals surface area (Å²) in [6.45, 7) is 0.580. The van der Waals surface area contributed by atoms with E-state index < -0.39 is 28.5 Å². The molecule has 148 valence electrons. The van der Waals surface area contributed by atoms with Crippen molar-refractivity contribution in [1.29, 1.82) is 0 Å². The van der Waals surface area contributed by atoms with Gasteiger partial charge in [-0.25, -0.2) is 13.2 Å². The fraction of sp³-hybridized carbons (Fsp3) is 0.263. The van der Waals surface area contributed by atoms with Gasteiger partial charge in [0.05, 0.1) is 10.5 Å². The van der Waals surface area contributed by atoms with Crippen molar-refractivity contribution in [3.05, 3.63) is 59.1 Å². The van der Waals surface area contributed by atoms with E-state index in [2.05, 4.69) is 5.32 Å². The highest BCUT2D eigenvalue weighted by molar-refractivity contribution is 7.89. The van der Waals surface area contributed by atoms with Crippen molar-refractivity contribution in [2.45, 2.75) is 17.7 Å². The Morgan fingerprint density at radius 2 is 1.75 bits per heavy atom. The van der Waals surface area contributed by atoms with Crippen LogP contribution in [0.3, 0.4) is 0 Å². The van der Waals surface area contributed by atoms with Crippen molar-refractivity contribution in [3.63, 3.8) is 0 Å². The molecule has 1 aliphatic heterocycles. The molecular weight excluding hydrogens is 404 g/mol. The number of carbonyl (C=O) groups excluding carboxylic acids is 2. The number of hydrogen-bond acceptors (Lipinski definition) is 5. The highest BCUT2D eigenvalue weighted by Crippen LogP contribution is 2.22. The zero-order valence-corrected chi connectivity index (χ0v) is 16.5. The van der Waals surface area contributed by atoms with Gasteiger partial charge < -0.3 is 10.1 Å². The summed E-state index contributed by atoms with van der Waals surface area (Å²) in [5.74, 6) is -1.20. The molecule has 0 aromatic heterocycles. The van der Waals surface area contributed by atoms with Crippen LogP contribution in [0.2, 0.25) is 5.02 Å². The first-order valence-electron chi connectivity index (χ1n) is 8.69. The molecule has 0 radical (unpaired) electrons. The van der Waals surface area contributed by atoms with Gasteiger partial charge in [0.15, 0.2) is 6.61 Å². The Kier molecular flexibility index (Phi) is 6.33. The Hall–Kier alpha value is -2.42. The van der Waals surface area contributed by atoms with E-state index in [0.717, 1.165) is 12.8 Å². The van der Waals surface area contributed by atoms with Crippen molar-refractivity contribution in [2.24, 2.45) is 0 Å². The lowest BCUT2D eigenvalue weighted by Gasteiger charge is -2.15. The molecule has 1 heterocycles. The number of hydrogen-bond donors (Lipinski definition) is 1. The number of nitrogens with one attached hydrogen (secondary N) is 1. The van der Waals surface area contributed by atoms with Gasteiger partial charge in [-0.15, -0.1) is 0 Å². The van der Waals surface area contributed by atoms with Gasteiger partial charge in [0.1, 0.15) is 0 Å². The van der Waals surface area contributed by atoms with Gasteiger partial charge in [0, 0.05) is 23.8 Å². The van der Waals surface area contributed by atoms with Crippen molar-refractivity contribution < 1.29 is 22.7 Å².